The van der Waals surface area contributed by atoms with E-state index in [1.54, 1.807) is 0 Å². The van der Waals surface area contributed by atoms with Gasteiger partial charge in [-0.2, -0.15) is 0 Å². The molecular weight excluding hydrogens is 196 g/mol. The molecule has 0 radical (unpaired) electrons. The minimum Gasteiger partial charge on any atom is -0.372 e. The molecule has 0 amide bonds. The lowest BCUT2D eigenvalue weighted by Gasteiger charge is -2.23. The number of para-hydroxylation sites is 1. The highest BCUT2D eigenvalue weighted by atomic mass is 15.1. The summed E-state index contributed by atoms with van der Waals surface area (Å²) >= 11 is 0. The normalized spacial score (nSPS) is 12.4. The zero-order valence-electron chi connectivity index (χ0n) is 10.5. The Balaban J connectivity index is 2.38. The van der Waals surface area contributed by atoms with Crippen molar-refractivity contribution in [2.24, 2.45) is 5.73 Å². The maximum absolute atomic E-state index is 5.92. The smallest absolute Gasteiger partial charge is 0.0366 e. The fourth-order valence-electron chi connectivity index (χ4n) is 1.86. The van der Waals surface area contributed by atoms with Crippen molar-refractivity contribution in [3.8, 4) is 0 Å². The van der Waals surface area contributed by atoms with Gasteiger partial charge in [-0.25, -0.2) is 0 Å². The van der Waals surface area contributed by atoms with E-state index in [4.69, 9.17) is 5.73 Å². The predicted octanol–water partition coefficient (Wildman–Crippen LogP) is 3.03. The van der Waals surface area contributed by atoms with Gasteiger partial charge >= 0.3 is 0 Å². The van der Waals surface area contributed by atoms with E-state index >= 15 is 0 Å². The molecule has 0 saturated heterocycles. The lowest BCUT2D eigenvalue weighted by molar-refractivity contribution is 0.563. The Kier molecular flexibility index (Phi) is 5.94. The third kappa shape index (κ3) is 4.23. The molecule has 0 aliphatic rings. The first-order valence-corrected chi connectivity index (χ1v) is 6.33. The summed E-state index contributed by atoms with van der Waals surface area (Å²) in [5, 5.41) is 0. The number of rotatable bonds is 7. The van der Waals surface area contributed by atoms with Gasteiger partial charge in [0.15, 0.2) is 0 Å². The van der Waals surface area contributed by atoms with Gasteiger partial charge in [0.25, 0.3) is 0 Å². The summed E-state index contributed by atoms with van der Waals surface area (Å²) in [5.41, 5.74) is 7.24. The molecule has 0 aliphatic carbocycles. The van der Waals surface area contributed by atoms with Gasteiger partial charge in [0, 0.05) is 24.8 Å². The van der Waals surface area contributed by atoms with Gasteiger partial charge in [-0.15, -0.1) is 0 Å². The number of nitrogens with zero attached hydrogens (tertiary/aromatic N) is 1. The molecule has 0 fully saturated rings. The molecule has 2 heteroatoms. The number of hydrogen-bond donors (Lipinski definition) is 1. The second-order valence-corrected chi connectivity index (χ2v) is 4.23. The molecular formula is C14H24N2. The molecule has 0 aliphatic heterocycles. The van der Waals surface area contributed by atoms with Crippen LogP contribution in [0, 0.1) is 0 Å². The first-order valence-electron chi connectivity index (χ1n) is 6.33. The van der Waals surface area contributed by atoms with Gasteiger partial charge in [-0.05, 0) is 38.3 Å². The van der Waals surface area contributed by atoms with Gasteiger partial charge in [0.05, 0.1) is 0 Å². The first kappa shape index (κ1) is 13.0. The largest absolute Gasteiger partial charge is 0.372 e. The first-order chi connectivity index (χ1) is 7.77. The third-order valence-electron chi connectivity index (χ3n) is 3.03. The Labute approximate surface area is 99.5 Å². The van der Waals surface area contributed by atoms with Crippen molar-refractivity contribution in [2.45, 2.75) is 39.2 Å². The highest BCUT2D eigenvalue weighted by molar-refractivity contribution is 5.45. The molecule has 0 spiro atoms. The van der Waals surface area contributed by atoms with Crippen LogP contribution in [0.1, 0.15) is 33.1 Å². The maximum Gasteiger partial charge on any atom is 0.0366 e. The fraction of sp³-hybridized carbons (Fsp3) is 0.571. The Morgan fingerprint density at radius 1 is 1.19 bits per heavy atom. The molecule has 2 nitrogen and oxygen atoms in total. The van der Waals surface area contributed by atoms with Crippen molar-refractivity contribution >= 4 is 5.69 Å². The van der Waals surface area contributed by atoms with Gasteiger partial charge in [-0.1, -0.05) is 25.1 Å². The molecule has 0 heterocycles. The number of benzene rings is 1. The second-order valence-electron chi connectivity index (χ2n) is 4.23. The summed E-state index contributed by atoms with van der Waals surface area (Å²) in [6.45, 7) is 6.52. The van der Waals surface area contributed by atoms with Crippen molar-refractivity contribution in [2.75, 3.05) is 18.0 Å². The standard InChI is InChI=1S/C14H24N2/c1-3-13(15)9-8-12-16(4-2)14-10-6-5-7-11-14/h5-7,10-11,13H,3-4,8-9,12,15H2,1-2H3. The summed E-state index contributed by atoms with van der Waals surface area (Å²) in [5.74, 6) is 0. The molecule has 2 N–H and O–H groups in total. The van der Waals surface area contributed by atoms with E-state index < -0.39 is 0 Å². The molecule has 1 aromatic rings. The van der Waals surface area contributed by atoms with Crippen molar-refractivity contribution in [1.82, 2.24) is 0 Å². The monoisotopic (exact) mass is 220 g/mol. The molecule has 0 aromatic heterocycles. The highest BCUT2D eigenvalue weighted by Crippen LogP contribution is 2.13. The van der Waals surface area contributed by atoms with Crippen LogP contribution in [-0.4, -0.2) is 19.1 Å². The number of anilines is 1. The minimum absolute atomic E-state index is 0.370. The van der Waals surface area contributed by atoms with Crippen molar-refractivity contribution in [3.05, 3.63) is 30.3 Å². The quantitative estimate of drug-likeness (QED) is 0.765. The van der Waals surface area contributed by atoms with E-state index in [0.29, 0.717) is 6.04 Å². The maximum atomic E-state index is 5.92. The zero-order chi connectivity index (χ0) is 11.8. The topological polar surface area (TPSA) is 29.3 Å². The fourth-order valence-corrected chi connectivity index (χ4v) is 1.86. The van der Waals surface area contributed by atoms with Gasteiger partial charge in [-0.3, -0.25) is 0 Å². The van der Waals surface area contributed by atoms with Crippen molar-refractivity contribution < 1.29 is 0 Å². The second kappa shape index (κ2) is 7.29. The van der Waals surface area contributed by atoms with Crippen LogP contribution in [0.3, 0.4) is 0 Å². The van der Waals surface area contributed by atoms with Crippen LogP contribution >= 0.6 is 0 Å². The Morgan fingerprint density at radius 3 is 2.44 bits per heavy atom. The number of hydrogen-bond acceptors (Lipinski definition) is 2. The van der Waals surface area contributed by atoms with E-state index in [1.807, 2.05) is 0 Å². The van der Waals surface area contributed by atoms with E-state index in [0.717, 1.165) is 25.9 Å². The van der Waals surface area contributed by atoms with Gasteiger partial charge in [0.1, 0.15) is 0 Å². The van der Waals surface area contributed by atoms with Crippen LogP contribution in [-0.2, 0) is 0 Å². The highest BCUT2D eigenvalue weighted by Gasteiger charge is 2.04. The molecule has 1 atom stereocenters. The van der Waals surface area contributed by atoms with Crippen molar-refractivity contribution in [1.29, 1.82) is 0 Å². The molecule has 16 heavy (non-hydrogen) atoms. The third-order valence-corrected chi connectivity index (χ3v) is 3.03. The summed E-state index contributed by atoms with van der Waals surface area (Å²) < 4.78 is 0. The van der Waals surface area contributed by atoms with Crippen LogP contribution in [0.5, 0.6) is 0 Å². The predicted molar refractivity (Wildman–Crippen MR) is 71.8 cm³/mol. The van der Waals surface area contributed by atoms with E-state index in [-0.39, 0.29) is 0 Å². The van der Waals surface area contributed by atoms with Gasteiger partial charge < -0.3 is 10.6 Å². The summed E-state index contributed by atoms with van der Waals surface area (Å²) in [7, 11) is 0. The van der Waals surface area contributed by atoms with Crippen LogP contribution in [0.4, 0.5) is 5.69 Å². The summed E-state index contributed by atoms with van der Waals surface area (Å²) in [6, 6.07) is 11.0. The molecule has 0 bridgehead atoms. The molecule has 1 aromatic carbocycles. The van der Waals surface area contributed by atoms with Crippen molar-refractivity contribution in [3.63, 3.8) is 0 Å². The number of nitrogens with two attached hydrogens (primary N) is 1. The van der Waals surface area contributed by atoms with E-state index in [2.05, 4.69) is 49.1 Å². The average molecular weight is 220 g/mol. The zero-order valence-corrected chi connectivity index (χ0v) is 10.5. The van der Waals surface area contributed by atoms with Crippen LogP contribution in [0.15, 0.2) is 30.3 Å². The Bertz CT molecular complexity index is 271. The lowest BCUT2D eigenvalue weighted by atomic mass is 10.1. The Morgan fingerprint density at radius 2 is 1.88 bits per heavy atom. The SMILES string of the molecule is CCC(N)CCCN(CC)c1ccccc1. The van der Waals surface area contributed by atoms with Crippen LogP contribution in [0.2, 0.25) is 0 Å². The average Bonchev–Trinajstić information content (AvgIpc) is 2.35. The lowest BCUT2D eigenvalue weighted by Crippen LogP contribution is -2.26. The molecule has 90 valence electrons. The van der Waals surface area contributed by atoms with E-state index in [1.165, 1.54) is 12.1 Å². The van der Waals surface area contributed by atoms with E-state index in [9.17, 15) is 0 Å². The van der Waals surface area contributed by atoms with Gasteiger partial charge in [0.2, 0.25) is 0 Å². The molecule has 1 unspecified atom stereocenters. The van der Waals surface area contributed by atoms with Crippen LogP contribution < -0.4 is 10.6 Å². The Hall–Kier alpha value is -1.02. The minimum atomic E-state index is 0.370. The van der Waals surface area contributed by atoms with Crippen LogP contribution in [0.25, 0.3) is 0 Å². The summed E-state index contributed by atoms with van der Waals surface area (Å²) in [6.07, 6.45) is 3.38. The summed E-state index contributed by atoms with van der Waals surface area (Å²) in [4.78, 5) is 2.41. The molecule has 1 rings (SSSR count). The molecule has 0 saturated carbocycles.